The molecule has 0 heterocycles. The van der Waals surface area contributed by atoms with E-state index in [2.05, 4.69) is 6.92 Å². The van der Waals surface area contributed by atoms with Crippen molar-refractivity contribution in [1.82, 2.24) is 0 Å². The lowest BCUT2D eigenvalue weighted by molar-refractivity contribution is -0.308. The van der Waals surface area contributed by atoms with E-state index >= 15 is 0 Å². The number of rotatable bonds is 0. The summed E-state index contributed by atoms with van der Waals surface area (Å²) in [5.41, 5.74) is 1.00. The van der Waals surface area contributed by atoms with Gasteiger partial charge in [0.15, 0.2) is 0 Å². The second-order valence-electron chi connectivity index (χ2n) is 6.77. The summed E-state index contributed by atoms with van der Waals surface area (Å²) in [6, 6.07) is 0. The molecule has 0 N–H and O–H groups in total. The topological polar surface area (TPSA) is 0 Å². The summed E-state index contributed by atoms with van der Waals surface area (Å²) in [6.07, 6.45) is 6.57. The van der Waals surface area contributed by atoms with Gasteiger partial charge in [-0.1, -0.05) is 6.92 Å². The van der Waals surface area contributed by atoms with Gasteiger partial charge in [0.2, 0.25) is 0 Å². The predicted octanol–water partition coefficient (Wildman–Crippen LogP) is 2.93. The second kappa shape index (κ2) is 1.51. The van der Waals surface area contributed by atoms with Crippen molar-refractivity contribution in [2.45, 2.75) is 32.6 Å². The maximum atomic E-state index is 2.50. The van der Waals surface area contributed by atoms with Gasteiger partial charge < -0.3 is 0 Å². The van der Waals surface area contributed by atoms with Gasteiger partial charge in [0.1, 0.15) is 0 Å². The first kappa shape index (κ1) is 6.48. The maximum Gasteiger partial charge on any atom is -0.0175 e. The molecule has 0 saturated heterocycles. The largest absolute Gasteiger partial charge is 0.0622 e. The molecule has 70 valence electrons. The van der Waals surface area contributed by atoms with Crippen LogP contribution in [-0.2, 0) is 0 Å². The van der Waals surface area contributed by atoms with Gasteiger partial charge in [0, 0.05) is 0 Å². The first-order valence-electron chi connectivity index (χ1n) is 6.33. The van der Waals surface area contributed by atoms with Gasteiger partial charge in [-0.2, -0.15) is 0 Å². The van der Waals surface area contributed by atoms with Crippen molar-refractivity contribution in [3.63, 3.8) is 0 Å². The standard InChI is InChI=1S/C13H18/c1-6-2-10-12(6)11-5-9-7-3-8(4-7)13(9,10)11/h6-12H,2-5H2,1H3. The first-order chi connectivity index (χ1) is 6.33. The molecule has 0 radical (unpaired) electrons. The summed E-state index contributed by atoms with van der Waals surface area (Å²) in [4.78, 5) is 0. The van der Waals surface area contributed by atoms with Crippen LogP contribution in [-0.4, -0.2) is 0 Å². The molecule has 2 bridgehead atoms. The number of hydrogen-bond donors (Lipinski definition) is 0. The highest BCUT2D eigenvalue weighted by Crippen LogP contribution is 2.89. The summed E-state index contributed by atoms with van der Waals surface area (Å²) in [6.45, 7) is 2.50. The lowest BCUT2D eigenvalue weighted by Gasteiger charge is -2.78. The molecule has 0 aliphatic heterocycles. The van der Waals surface area contributed by atoms with Crippen molar-refractivity contribution < 1.29 is 0 Å². The Morgan fingerprint density at radius 2 is 1.69 bits per heavy atom. The summed E-state index contributed by atoms with van der Waals surface area (Å²) in [7, 11) is 0. The fourth-order valence-corrected chi connectivity index (χ4v) is 6.76. The molecule has 13 heavy (non-hydrogen) atoms. The molecule has 0 aromatic carbocycles. The Labute approximate surface area is 80.1 Å². The summed E-state index contributed by atoms with van der Waals surface area (Å²) < 4.78 is 0. The highest BCUT2D eigenvalue weighted by molar-refractivity contribution is 5.31. The van der Waals surface area contributed by atoms with Crippen LogP contribution in [0.5, 0.6) is 0 Å². The van der Waals surface area contributed by atoms with Crippen LogP contribution in [0.15, 0.2) is 0 Å². The van der Waals surface area contributed by atoms with Crippen molar-refractivity contribution >= 4 is 0 Å². The molecule has 1 spiro atoms. The monoisotopic (exact) mass is 174 g/mol. The van der Waals surface area contributed by atoms with Crippen molar-refractivity contribution in [2.75, 3.05) is 0 Å². The molecule has 0 aromatic rings. The van der Waals surface area contributed by atoms with Gasteiger partial charge in [-0.25, -0.2) is 0 Å². The lowest BCUT2D eigenvalue weighted by Crippen LogP contribution is -2.73. The van der Waals surface area contributed by atoms with Gasteiger partial charge in [0.25, 0.3) is 0 Å². The molecule has 6 unspecified atom stereocenters. The molecule has 0 aromatic heterocycles. The highest BCUT2D eigenvalue weighted by atomic mass is 14.9. The Balaban J connectivity index is 1.62. The van der Waals surface area contributed by atoms with Crippen molar-refractivity contribution in [1.29, 1.82) is 0 Å². The van der Waals surface area contributed by atoms with Crippen LogP contribution in [0.2, 0.25) is 0 Å². The van der Waals surface area contributed by atoms with E-state index in [4.69, 9.17) is 0 Å². The van der Waals surface area contributed by atoms with Crippen molar-refractivity contribution in [3.05, 3.63) is 0 Å². The van der Waals surface area contributed by atoms with E-state index in [1.807, 2.05) is 0 Å². The van der Waals surface area contributed by atoms with Gasteiger partial charge in [-0.05, 0) is 72.5 Å². The smallest absolute Gasteiger partial charge is 0.0175 e. The van der Waals surface area contributed by atoms with Crippen LogP contribution < -0.4 is 0 Å². The molecular weight excluding hydrogens is 156 g/mol. The Kier molecular flexibility index (Phi) is 0.753. The summed E-state index contributed by atoms with van der Waals surface area (Å²) >= 11 is 0. The molecule has 6 saturated carbocycles. The molecule has 0 heteroatoms. The van der Waals surface area contributed by atoms with Crippen LogP contribution in [0.3, 0.4) is 0 Å². The van der Waals surface area contributed by atoms with Crippen LogP contribution in [0.4, 0.5) is 0 Å². The summed E-state index contributed by atoms with van der Waals surface area (Å²) in [5.74, 6) is 8.51. The van der Waals surface area contributed by atoms with E-state index in [1.54, 1.807) is 25.7 Å². The van der Waals surface area contributed by atoms with E-state index in [0.29, 0.717) is 0 Å². The van der Waals surface area contributed by atoms with Crippen LogP contribution >= 0.6 is 0 Å². The second-order valence-corrected chi connectivity index (χ2v) is 6.77. The van der Waals surface area contributed by atoms with Gasteiger partial charge in [-0.15, -0.1) is 0 Å². The van der Waals surface area contributed by atoms with Gasteiger partial charge >= 0.3 is 0 Å². The fraction of sp³-hybridized carbons (Fsp3) is 1.00. The minimum Gasteiger partial charge on any atom is -0.0622 e. The Bertz CT molecular complexity index is 293. The SMILES string of the molecule is CC1CC2C1C1CC3C4CC(C4)C321. The zero-order valence-corrected chi connectivity index (χ0v) is 8.37. The number of fused-ring (bicyclic) bond motifs is 2. The average Bonchev–Trinajstić information content (AvgIpc) is 2.42. The first-order valence-corrected chi connectivity index (χ1v) is 6.33. The molecule has 6 atom stereocenters. The van der Waals surface area contributed by atoms with Crippen molar-refractivity contribution in [3.8, 4) is 0 Å². The minimum atomic E-state index is 1.00. The van der Waals surface area contributed by atoms with E-state index in [9.17, 15) is 0 Å². The third kappa shape index (κ3) is 0.383. The Hall–Kier alpha value is 0. The van der Waals surface area contributed by atoms with E-state index in [-0.39, 0.29) is 0 Å². The van der Waals surface area contributed by atoms with E-state index in [1.165, 1.54) is 35.5 Å². The fourth-order valence-electron chi connectivity index (χ4n) is 6.76. The Morgan fingerprint density at radius 1 is 0.923 bits per heavy atom. The van der Waals surface area contributed by atoms with Crippen molar-refractivity contribution in [2.24, 2.45) is 46.8 Å². The predicted molar refractivity (Wildman–Crippen MR) is 51.0 cm³/mol. The number of hydrogen-bond acceptors (Lipinski definition) is 0. The molecule has 6 aliphatic carbocycles. The van der Waals surface area contributed by atoms with Gasteiger partial charge in [-0.3, -0.25) is 0 Å². The van der Waals surface area contributed by atoms with Crippen LogP contribution in [0.1, 0.15) is 32.6 Å². The maximum absolute atomic E-state index is 2.50. The molecular formula is C13H18. The zero-order chi connectivity index (χ0) is 8.37. The minimum absolute atomic E-state index is 1.00. The average molecular weight is 174 g/mol. The molecule has 6 rings (SSSR count). The van der Waals surface area contributed by atoms with Crippen LogP contribution in [0.25, 0.3) is 0 Å². The summed E-state index contributed by atoms with van der Waals surface area (Å²) in [5, 5.41) is 0. The Morgan fingerprint density at radius 3 is 2.31 bits per heavy atom. The highest BCUT2D eigenvalue weighted by Gasteiger charge is 2.83. The van der Waals surface area contributed by atoms with E-state index < -0.39 is 0 Å². The van der Waals surface area contributed by atoms with E-state index in [0.717, 1.165) is 11.3 Å². The zero-order valence-electron chi connectivity index (χ0n) is 8.37. The normalized spacial score (nSPS) is 80.5. The molecule has 6 aliphatic rings. The quantitative estimate of drug-likeness (QED) is 0.529. The lowest BCUT2D eigenvalue weighted by atomic mass is 9.26. The van der Waals surface area contributed by atoms with Crippen LogP contribution in [0, 0.1) is 46.8 Å². The van der Waals surface area contributed by atoms with Gasteiger partial charge in [0.05, 0.1) is 0 Å². The molecule has 0 nitrogen and oxygen atoms in total. The molecule has 0 amide bonds. The third-order valence-electron chi connectivity index (χ3n) is 7.10. The third-order valence-corrected chi connectivity index (χ3v) is 7.10. The molecule has 6 fully saturated rings.